The average molecular weight is 314 g/mol. The van der Waals surface area contributed by atoms with Gasteiger partial charge >= 0.3 is 0 Å². The molecule has 1 N–H and O–H groups in total. The molecule has 0 aliphatic carbocycles. The summed E-state index contributed by atoms with van der Waals surface area (Å²) in [7, 11) is 1.76. The second kappa shape index (κ2) is 7.27. The van der Waals surface area contributed by atoms with Crippen molar-refractivity contribution < 1.29 is 4.74 Å². The highest BCUT2D eigenvalue weighted by Crippen LogP contribution is 2.22. The molecule has 102 valence electrons. The van der Waals surface area contributed by atoms with Gasteiger partial charge in [-0.3, -0.25) is 0 Å². The third-order valence-electron chi connectivity index (χ3n) is 3.24. The highest BCUT2D eigenvalue weighted by molar-refractivity contribution is 9.10. The molecule has 0 bridgehead atoms. The molecule has 0 fully saturated rings. The molecule has 0 aliphatic rings. The normalized spacial score (nSPS) is 13.6. The van der Waals surface area contributed by atoms with E-state index >= 15 is 0 Å². The summed E-state index contributed by atoms with van der Waals surface area (Å²) in [6, 6.07) is 8.86. The maximum atomic E-state index is 5.15. The Kier molecular flexibility index (Phi) is 6.33. The molecule has 0 heterocycles. The van der Waals surface area contributed by atoms with Crippen LogP contribution in [0.3, 0.4) is 0 Å². The van der Waals surface area contributed by atoms with E-state index in [1.807, 2.05) is 0 Å². The van der Waals surface area contributed by atoms with Crippen LogP contribution in [0.15, 0.2) is 28.7 Å². The van der Waals surface area contributed by atoms with Crippen LogP contribution in [0.2, 0.25) is 0 Å². The van der Waals surface area contributed by atoms with Crippen molar-refractivity contribution in [2.45, 2.75) is 33.2 Å². The molecule has 1 aromatic carbocycles. The van der Waals surface area contributed by atoms with E-state index in [9.17, 15) is 0 Å². The van der Waals surface area contributed by atoms with E-state index in [0.717, 1.165) is 24.0 Å². The smallest absolute Gasteiger partial charge is 0.0467 e. The van der Waals surface area contributed by atoms with Crippen LogP contribution in [0, 0.1) is 5.41 Å². The third-order valence-corrected chi connectivity index (χ3v) is 3.77. The van der Waals surface area contributed by atoms with E-state index in [4.69, 9.17) is 4.74 Å². The lowest BCUT2D eigenvalue weighted by Crippen LogP contribution is -2.32. The SMILES string of the molecule is COCCC(C)(C)CNC(C)c1ccc(Br)cc1. The zero-order valence-corrected chi connectivity index (χ0v) is 13.4. The number of benzene rings is 1. The minimum atomic E-state index is 0.264. The molecule has 0 aromatic heterocycles. The molecule has 18 heavy (non-hydrogen) atoms. The standard InChI is InChI=1S/C15H24BrNO/c1-12(13-5-7-14(16)8-6-13)17-11-15(2,3)9-10-18-4/h5-8,12,17H,9-11H2,1-4H3. The predicted octanol–water partition coefficient (Wildman–Crippen LogP) is 4.16. The molecule has 0 aliphatic heterocycles. The Bertz CT molecular complexity index is 348. The van der Waals surface area contributed by atoms with Crippen LogP contribution in [0.1, 0.15) is 38.8 Å². The Hall–Kier alpha value is -0.380. The number of rotatable bonds is 7. The highest BCUT2D eigenvalue weighted by Gasteiger charge is 2.18. The quantitative estimate of drug-likeness (QED) is 0.816. The van der Waals surface area contributed by atoms with E-state index < -0.39 is 0 Å². The minimum absolute atomic E-state index is 0.264. The second-order valence-electron chi connectivity index (χ2n) is 5.56. The number of methoxy groups -OCH3 is 1. The van der Waals surface area contributed by atoms with E-state index in [1.54, 1.807) is 7.11 Å². The molecule has 3 heteroatoms. The van der Waals surface area contributed by atoms with Gasteiger partial charge in [0.2, 0.25) is 0 Å². The molecule has 1 rings (SSSR count). The van der Waals surface area contributed by atoms with Gasteiger partial charge in [-0.2, -0.15) is 0 Å². The summed E-state index contributed by atoms with van der Waals surface area (Å²) >= 11 is 3.46. The lowest BCUT2D eigenvalue weighted by Gasteiger charge is -2.27. The monoisotopic (exact) mass is 313 g/mol. The number of nitrogens with one attached hydrogen (secondary N) is 1. The van der Waals surface area contributed by atoms with Crippen molar-refractivity contribution in [3.8, 4) is 0 Å². The maximum absolute atomic E-state index is 5.15. The van der Waals surface area contributed by atoms with Gasteiger partial charge in [-0.05, 0) is 36.5 Å². The summed E-state index contributed by atoms with van der Waals surface area (Å²) < 4.78 is 6.27. The van der Waals surface area contributed by atoms with Gasteiger partial charge in [0, 0.05) is 30.8 Å². The first-order valence-corrected chi connectivity index (χ1v) is 7.22. The van der Waals surface area contributed by atoms with Crippen LogP contribution >= 0.6 is 15.9 Å². The number of halogens is 1. The molecular weight excluding hydrogens is 290 g/mol. The highest BCUT2D eigenvalue weighted by atomic mass is 79.9. The van der Waals surface area contributed by atoms with Gasteiger partial charge in [-0.1, -0.05) is 41.9 Å². The average Bonchev–Trinajstić information content (AvgIpc) is 2.35. The first-order valence-electron chi connectivity index (χ1n) is 6.42. The predicted molar refractivity (Wildman–Crippen MR) is 80.8 cm³/mol. The number of hydrogen-bond donors (Lipinski definition) is 1. The molecule has 0 radical (unpaired) electrons. The van der Waals surface area contributed by atoms with Crippen molar-refractivity contribution in [2.24, 2.45) is 5.41 Å². The van der Waals surface area contributed by atoms with Crippen molar-refractivity contribution in [2.75, 3.05) is 20.3 Å². The second-order valence-corrected chi connectivity index (χ2v) is 6.48. The first kappa shape index (κ1) is 15.7. The van der Waals surface area contributed by atoms with E-state index in [0.29, 0.717) is 6.04 Å². The van der Waals surface area contributed by atoms with Crippen molar-refractivity contribution >= 4 is 15.9 Å². The van der Waals surface area contributed by atoms with Gasteiger partial charge in [0.1, 0.15) is 0 Å². The van der Waals surface area contributed by atoms with E-state index in [2.05, 4.69) is 66.3 Å². The lowest BCUT2D eigenvalue weighted by molar-refractivity contribution is 0.149. The Balaban J connectivity index is 2.45. The summed E-state index contributed by atoms with van der Waals surface area (Å²) in [6.45, 7) is 8.56. The van der Waals surface area contributed by atoms with Crippen LogP contribution in [0.4, 0.5) is 0 Å². The molecule has 0 saturated carbocycles. The zero-order valence-electron chi connectivity index (χ0n) is 11.8. The molecule has 0 saturated heterocycles. The number of ether oxygens (including phenoxy) is 1. The molecule has 0 amide bonds. The van der Waals surface area contributed by atoms with Crippen LogP contribution in [-0.4, -0.2) is 20.3 Å². The Morgan fingerprint density at radius 3 is 2.44 bits per heavy atom. The van der Waals surface area contributed by atoms with Crippen LogP contribution in [-0.2, 0) is 4.74 Å². The van der Waals surface area contributed by atoms with E-state index in [-0.39, 0.29) is 5.41 Å². The van der Waals surface area contributed by atoms with Gasteiger partial charge < -0.3 is 10.1 Å². The van der Waals surface area contributed by atoms with Crippen LogP contribution < -0.4 is 5.32 Å². The summed E-state index contributed by atoms with van der Waals surface area (Å²) in [6.07, 6.45) is 1.07. The topological polar surface area (TPSA) is 21.3 Å². The lowest BCUT2D eigenvalue weighted by atomic mass is 9.89. The van der Waals surface area contributed by atoms with Gasteiger partial charge in [0.25, 0.3) is 0 Å². The zero-order chi connectivity index (χ0) is 13.6. The molecule has 0 spiro atoms. The largest absolute Gasteiger partial charge is 0.385 e. The molecular formula is C15H24BrNO. The van der Waals surface area contributed by atoms with Crippen molar-refractivity contribution in [3.63, 3.8) is 0 Å². The summed E-state index contributed by atoms with van der Waals surface area (Å²) in [5.41, 5.74) is 1.58. The fourth-order valence-electron chi connectivity index (χ4n) is 1.77. The van der Waals surface area contributed by atoms with Crippen molar-refractivity contribution in [1.82, 2.24) is 5.32 Å². The van der Waals surface area contributed by atoms with Gasteiger partial charge in [-0.15, -0.1) is 0 Å². The fraction of sp³-hybridized carbons (Fsp3) is 0.600. The van der Waals surface area contributed by atoms with E-state index in [1.165, 1.54) is 5.56 Å². The summed E-state index contributed by atoms with van der Waals surface area (Å²) in [5, 5.41) is 3.60. The molecule has 1 atom stereocenters. The fourth-order valence-corrected chi connectivity index (χ4v) is 2.03. The van der Waals surface area contributed by atoms with Gasteiger partial charge in [-0.25, -0.2) is 0 Å². The molecule has 2 nitrogen and oxygen atoms in total. The van der Waals surface area contributed by atoms with Crippen LogP contribution in [0.25, 0.3) is 0 Å². The Morgan fingerprint density at radius 2 is 1.89 bits per heavy atom. The Morgan fingerprint density at radius 1 is 1.28 bits per heavy atom. The van der Waals surface area contributed by atoms with Gasteiger partial charge in [0.15, 0.2) is 0 Å². The summed E-state index contributed by atoms with van der Waals surface area (Å²) in [5.74, 6) is 0. The van der Waals surface area contributed by atoms with Crippen molar-refractivity contribution in [3.05, 3.63) is 34.3 Å². The molecule has 1 aromatic rings. The first-order chi connectivity index (χ1) is 8.44. The number of hydrogen-bond acceptors (Lipinski definition) is 2. The van der Waals surface area contributed by atoms with Crippen LogP contribution in [0.5, 0.6) is 0 Å². The summed E-state index contributed by atoms with van der Waals surface area (Å²) in [4.78, 5) is 0. The molecule has 1 unspecified atom stereocenters. The minimum Gasteiger partial charge on any atom is -0.385 e. The van der Waals surface area contributed by atoms with Gasteiger partial charge in [0.05, 0.1) is 0 Å². The maximum Gasteiger partial charge on any atom is 0.0467 e. The van der Waals surface area contributed by atoms with Crippen molar-refractivity contribution in [1.29, 1.82) is 0 Å². The Labute approximate surface area is 119 Å². The third kappa shape index (κ3) is 5.51.